The molecule has 1 fully saturated rings. The fourth-order valence-corrected chi connectivity index (χ4v) is 2.21. The number of carbonyl (C=O) groups is 1. The van der Waals surface area contributed by atoms with Gasteiger partial charge in [-0.25, -0.2) is 0 Å². The van der Waals surface area contributed by atoms with E-state index in [4.69, 9.17) is 16.3 Å². The third-order valence-electron chi connectivity index (χ3n) is 3.08. The summed E-state index contributed by atoms with van der Waals surface area (Å²) < 4.78 is 5.38. The van der Waals surface area contributed by atoms with Crippen LogP contribution in [0.15, 0.2) is 18.2 Å². The molecule has 5 heteroatoms. The molecule has 0 aromatic heterocycles. The molecular formula is C13H16ClNO3. The van der Waals surface area contributed by atoms with Crippen LogP contribution in [0.5, 0.6) is 5.75 Å². The molecule has 0 atom stereocenters. The topological polar surface area (TPSA) is 49.8 Å². The van der Waals surface area contributed by atoms with Crippen LogP contribution in [0.4, 0.5) is 0 Å². The van der Waals surface area contributed by atoms with Gasteiger partial charge < -0.3 is 14.7 Å². The lowest BCUT2D eigenvalue weighted by molar-refractivity contribution is -0.0370. The van der Waals surface area contributed by atoms with Gasteiger partial charge in [-0.3, -0.25) is 4.79 Å². The van der Waals surface area contributed by atoms with E-state index < -0.39 is 0 Å². The highest BCUT2D eigenvalue weighted by Crippen LogP contribution is 2.27. The van der Waals surface area contributed by atoms with Gasteiger partial charge in [0, 0.05) is 12.1 Å². The molecule has 0 bridgehead atoms. The first-order valence-electron chi connectivity index (χ1n) is 5.80. The molecule has 1 amide bonds. The lowest BCUT2D eigenvalue weighted by Crippen LogP contribution is -2.55. The Morgan fingerprint density at radius 2 is 2.22 bits per heavy atom. The standard InChI is InChI=1S/C13H16ClNO3/c1-13(2)8-18-6-5-15(13)12(17)9-3-4-11(16)10(14)7-9/h3-4,7,16H,5-6,8H2,1-2H3. The van der Waals surface area contributed by atoms with E-state index in [0.29, 0.717) is 25.3 Å². The maximum absolute atomic E-state index is 12.4. The molecule has 2 rings (SSSR count). The van der Waals surface area contributed by atoms with Crippen molar-refractivity contribution in [1.29, 1.82) is 0 Å². The summed E-state index contributed by atoms with van der Waals surface area (Å²) in [6, 6.07) is 4.50. The molecule has 1 N–H and O–H groups in total. The van der Waals surface area contributed by atoms with Gasteiger partial charge in [0.25, 0.3) is 5.91 Å². The minimum Gasteiger partial charge on any atom is -0.506 e. The lowest BCUT2D eigenvalue weighted by Gasteiger charge is -2.42. The minimum atomic E-state index is -0.334. The molecule has 1 aromatic carbocycles. The third-order valence-corrected chi connectivity index (χ3v) is 3.39. The van der Waals surface area contributed by atoms with Gasteiger partial charge in [-0.2, -0.15) is 0 Å². The predicted molar refractivity (Wildman–Crippen MR) is 69.1 cm³/mol. The second-order valence-electron chi connectivity index (χ2n) is 4.99. The molecule has 1 saturated heterocycles. The molecule has 98 valence electrons. The molecule has 0 aliphatic carbocycles. The first-order chi connectivity index (χ1) is 8.42. The first kappa shape index (κ1) is 13.2. The molecule has 1 aliphatic heterocycles. The largest absolute Gasteiger partial charge is 0.506 e. The Bertz CT molecular complexity index is 473. The van der Waals surface area contributed by atoms with Crippen molar-refractivity contribution in [2.45, 2.75) is 19.4 Å². The van der Waals surface area contributed by atoms with Crippen LogP contribution in [0, 0.1) is 0 Å². The molecule has 1 aromatic rings. The summed E-state index contributed by atoms with van der Waals surface area (Å²) in [6.45, 7) is 5.55. The van der Waals surface area contributed by atoms with Crippen LogP contribution in [0.25, 0.3) is 0 Å². The zero-order valence-electron chi connectivity index (χ0n) is 10.4. The second-order valence-corrected chi connectivity index (χ2v) is 5.40. The molecule has 0 unspecified atom stereocenters. The van der Waals surface area contributed by atoms with E-state index in [-0.39, 0.29) is 22.2 Å². The normalized spacial score (nSPS) is 18.7. The number of amides is 1. The summed E-state index contributed by atoms with van der Waals surface area (Å²) in [4.78, 5) is 14.2. The number of halogens is 1. The third kappa shape index (κ3) is 2.44. The zero-order chi connectivity index (χ0) is 13.3. The van der Waals surface area contributed by atoms with Crippen LogP contribution in [0.1, 0.15) is 24.2 Å². The summed E-state index contributed by atoms with van der Waals surface area (Å²) in [6.07, 6.45) is 0. The summed E-state index contributed by atoms with van der Waals surface area (Å²) in [7, 11) is 0. The van der Waals surface area contributed by atoms with Gasteiger partial charge >= 0.3 is 0 Å². The summed E-state index contributed by atoms with van der Waals surface area (Å²) in [5.41, 5.74) is 0.146. The van der Waals surface area contributed by atoms with E-state index >= 15 is 0 Å². The minimum absolute atomic E-state index is 0.0190. The first-order valence-corrected chi connectivity index (χ1v) is 6.18. The van der Waals surface area contributed by atoms with Gasteiger partial charge in [0.15, 0.2) is 0 Å². The van der Waals surface area contributed by atoms with Crippen LogP contribution < -0.4 is 0 Å². The Balaban J connectivity index is 2.27. The van der Waals surface area contributed by atoms with E-state index in [9.17, 15) is 9.90 Å². The molecule has 1 aliphatic rings. The summed E-state index contributed by atoms with van der Waals surface area (Å²) in [5.74, 6) is -0.111. The number of carbonyl (C=O) groups excluding carboxylic acids is 1. The van der Waals surface area contributed by atoms with Crippen molar-refractivity contribution >= 4 is 17.5 Å². The van der Waals surface area contributed by atoms with Crippen molar-refractivity contribution in [3.8, 4) is 5.75 Å². The highest BCUT2D eigenvalue weighted by Gasteiger charge is 2.34. The maximum Gasteiger partial charge on any atom is 0.254 e. The number of nitrogens with zero attached hydrogens (tertiary/aromatic N) is 1. The van der Waals surface area contributed by atoms with E-state index in [1.54, 1.807) is 11.0 Å². The van der Waals surface area contributed by atoms with Crippen LogP contribution in [-0.2, 0) is 4.74 Å². The Labute approximate surface area is 111 Å². The highest BCUT2D eigenvalue weighted by atomic mass is 35.5. The molecule has 1 heterocycles. The van der Waals surface area contributed by atoms with Gasteiger partial charge in [0.2, 0.25) is 0 Å². The quantitative estimate of drug-likeness (QED) is 0.851. The summed E-state index contributed by atoms with van der Waals surface area (Å²) >= 11 is 5.82. The number of morpholine rings is 1. The van der Waals surface area contributed by atoms with Crippen molar-refractivity contribution in [3.63, 3.8) is 0 Å². The fraction of sp³-hybridized carbons (Fsp3) is 0.462. The van der Waals surface area contributed by atoms with Crippen LogP contribution in [0.2, 0.25) is 5.02 Å². The van der Waals surface area contributed by atoms with E-state index in [0.717, 1.165) is 0 Å². The van der Waals surface area contributed by atoms with E-state index in [2.05, 4.69) is 0 Å². The fourth-order valence-electron chi connectivity index (χ4n) is 2.03. The molecule has 0 saturated carbocycles. The Morgan fingerprint density at radius 3 is 2.83 bits per heavy atom. The number of aromatic hydroxyl groups is 1. The number of benzene rings is 1. The highest BCUT2D eigenvalue weighted by molar-refractivity contribution is 6.32. The van der Waals surface area contributed by atoms with Crippen molar-refractivity contribution in [2.24, 2.45) is 0 Å². The van der Waals surface area contributed by atoms with Crippen molar-refractivity contribution in [3.05, 3.63) is 28.8 Å². The van der Waals surface area contributed by atoms with Gasteiger partial charge in [-0.05, 0) is 32.0 Å². The molecular weight excluding hydrogens is 254 g/mol. The zero-order valence-corrected chi connectivity index (χ0v) is 11.2. The molecule has 4 nitrogen and oxygen atoms in total. The molecule has 0 spiro atoms. The Morgan fingerprint density at radius 1 is 1.50 bits per heavy atom. The number of ether oxygens (including phenoxy) is 1. The van der Waals surface area contributed by atoms with Crippen molar-refractivity contribution in [2.75, 3.05) is 19.8 Å². The number of phenols is 1. The predicted octanol–water partition coefficient (Wildman–Crippen LogP) is 2.30. The Kier molecular flexibility index (Phi) is 3.50. The number of phenolic OH excluding ortho intramolecular Hbond substituents is 1. The van der Waals surface area contributed by atoms with Crippen molar-refractivity contribution < 1.29 is 14.6 Å². The number of hydrogen-bond acceptors (Lipinski definition) is 3. The second kappa shape index (κ2) is 4.78. The van der Waals surface area contributed by atoms with E-state index in [1.165, 1.54) is 12.1 Å². The monoisotopic (exact) mass is 269 g/mol. The van der Waals surface area contributed by atoms with Gasteiger partial charge in [0.05, 0.1) is 23.8 Å². The van der Waals surface area contributed by atoms with Gasteiger partial charge in [0.1, 0.15) is 5.75 Å². The van der Waals surface area contributed by atoms with Crippen LogP contribution >= 0.6 is 11.6 Å². The molecule has 0 radical (unpaired) electrons. The van der Waals surface area contributed by atoms with E-state index in [1.807, 2.05) is 13.8 Å². The maximum atomic E-state index is 12.4. The SMILES string of the molecule is CC1(C)COCCN1C(=O)c1ccc(O)c(Cl)c1. The number of hydrogen-bond donors (Lipinski definition) is 1. The summed E-state index contributed by atoms with van der Waals surface area (Å²) in [5, 5.41) is 9.55. The average molecular weight is 270 g/mol. The van der Waals surface area contributed by atoms with Crippen LogP contribution in [-0.4, -0.2) is 41.2 Å². The van der Waals surface area contributed by atoms with Crippen LogP contribution in [0.3, 0.4) is 0 Å². The lowest BCUT2D eigenvalue weighted by atomic mass is 10.0. The Hall–Kier alpha value is -1.26. The average Bonchev–Trinajstić information content (AvgIpc) is 2.31. The van der Waals surface area contributed by atoms with Crippen molar-refractivity contribution in [1.82, 2.24) is 4.90 Å². The smallest absolute Gasteiger partial charge is 0.254 e. The molecule has 18 heavy (non-hydrogen) atoms. The van der Waals surface area contributed by atoms with Gasteiger partial charge in [-0.15, -0.1) is 0 Å². The van der Waals surface area contributed by atoms with Gasteiger partial charge in [-0.1, -0.05) is 11.6 Å². The number of rotatable bonds is 1.